The second-order valence-electron chi connectivity index (χ2n) is 6.20. The van der Waals surface area contributed by atoms with Crippen molar-refractivity contribution in [2.75, 3.05) is 16.4 Å². The lowest BCUT2D eigenvalue weighted by Crippen LogP contribution is -2.20. The van der Waals surface area contributed by atoms with E-state index in [0.717, 1.165) is 0 Å². The number of hydrogen-bond acceptors (Lipinski definition) is 6. The van der Waals surface area contributed by atoms with Crippen molar-refractivity contribution in [1.82, 2.24) is 0 Å². The molecular formula is C20H16ClN3O6S. The van der Waals surface area contributed by atoms with E-state index in [-0.39, 0.29) is 21.9 Å². The number of amides is 2. The molecule has 9 nitrogen and oxygen atoms in total. The van der Waals surface area contributed by atoms with Gasteiger partial charge in [-0.3, -0.25) is 0 Å². The average Bonchev–Trinajstić information content (AvgIpc) is 2.70. The quantitative estimate of drug-likeness (QED) is 0.320. The summed E-state index contributed by atoms with van der Waals surface area (Å²) in [6.45, 7) is 0. The molecule has 0 heterocycles. The molecule has 0 atom stereocenters. The first kappa shape index (κ1) is 21.9. The van der Waals surface area contributed by atoms with Crippen LogP contribution in [0.4, 0.5) is 21.9 Å². The molecule has 3 aromatic carbocycles. The molecule has 0 saturated heterocycles. The number of benzene rings is 3. The minimum Gasteiger partial charge on any atom is -0.478 e. The number of halogens is 1. The van der Waals surface area contributed by atoms with Crippen molar-refractivity contribution >= 4 is 50.8 Å². The summed E-state index contributed by atoms with van der Waals surface area (Å²) in [7, 11) is -4.15. The zero-order valence-corrected chi connectivity index (χ0v) is 17.3. The largest absolute Gasteiger partial charge is 0.478 e. The SMILES string of the molecule is Nc1cc(Cl)ccc1NC(=O)Nc1ccc(S(=O)(=O)Oc2ccc(C(=O)O)cc2)cc1. The third-order valence-corrected chi connectivity index (χ3v) is 5.47. The predicted molar refractivity (Wildman–Crippen MR) is 116 cm³/mol. The number of anilines is 3. The normalized spacial score (nSPS) is 10.9. The molecule has 160 valence electrons. The van der Waals surface area contributed by atoms with E-state index in [1.165, 1.54) is 54.6 Å². The van der Waals surface area contributed by atoms with E-state index in [4.69, 9.17) is 26.6 Å². The topological polar surface area (TPSA) is 148 Å². The summed E-state index contributed by atoms with van der Waals surface area (Å²) in [4.78, 5) is 22.8. The maximum atomic E-state index is 12.4. The number of aromatic carboxylic acids is 1. The summed E-state index contributed by atoms with van der Waals surface area (Å²) in [6.07, 6.45) is 0. The molecule has 31 heavy (non-hydrogen) atoms. The molecule has 0 bridgehead atoms. The van der Waals surface area contributed by atoms with E-state index in [1.54, 1.807) is 12.1 Å². The number of nitrogens with one attached hydrogen (secondary N) is 2. The van der Waals surface area contributed by atoms with Crippen molar-refractivity contribution in [2.45, 2.75) is 4.90 Å². The molecule has 0 radical (unpaired) electrons. The van der Waals surface area contributed by atoms with Gasteiger partial charge in [-0.15, -0.1) is 0 Å². The van der Waals surface area contributed by atoms with Crippen molar-refractivity contribution in [3.63, 3.8) is 0 Å². The predicted octanol–water partition coefficient (Wildman–Crippen LogP) is 4.03. The molecule has 0 aliphatic rings. The van der Waals surface area contributed by atoms with Gasteiger partial charge in [0.2, 0.25) is 0 Å². The van der Waals surface area contributed by atoms with Gasteiger partial charge >= 0.3 is 22.1 Å². The molecule has 3 rings (SSSR count). The minimum absolute atomic E-state index is 0.00110. The van der Waals surface area contributed by atoms with E-state index in [2.05, 4.69) is 10.6 Å². The number of carboxylic acid groups (broad SMARTS) is 1. The monoisotopic (exact) mass is 461 g/mol. The zero-order chi connectivity index (χ0) is 22.6. The maximum Gasteiger partial charge on any atom is 0.339 e. The molecule has 0 spiro atoms. The van der Waals surface area contributed by atoms with Crippen LogP contribution in [0.3, 0.4) is 0 Å². The van der Waals surface area contributed by atoms with E-state index in [9.17, 15) is 18.0 Å². The fraction of sp³-hybridized carbons (Fsp3) is 0. The highest BCUT2D eigenvalue weighted by Crippen LogP contribution is 2.24. The Hall–Kier alpha value is -3.76. The lowest BCUT2D eigenvalue weighted by molar-refractivity contribution is 0.0697. The first-order valence-corrected chi connectivity index (χ1v) is 10.4. The van der Waals surface area contributed by atoms with Crippen LogP contribution >= 0.6 is 11.6 Å². The first-order valence-electron chi connectivity index (χ1n) is 8.65. The van der Waals surface area contributed by atoms with Gasteiger partial charge in [-0.2, -0.15) is 8.42 Å². The average molecular weight is 462 g/mol. The van der Waals surface area contributed by atoms with Gasteiger partial charge in [-0.1, -0.05) is 11.6 Å². The number of hydrogen-bond donors (Lipinski definition) is 4. The third kappa shape index (κ3) is 5.65. The Morgan fingerprint density at radius 1 is 0.935 bits per heavy atom. The second-order valence-corrected chi connectivity index (χ2v) is 8.18. The Kier molecular flexibility index (Phi) is 6.33. The molecule has 0 aliphatic carbocycles. The van der Waals surface area contributed by atoms with Gasteiger partial charge in [0.05, 0.1) is 16.9 Å². The van der Waals surface area contributed by atoms with Gasteiger partial charge in [0, 0.05) is 10.7 Å². The van der Waals surface area contributed by atoms with E-state index >= 15 is 0 Å². The number of nitrogens with two attached hydrogens (primary N) is 1. The molecule has 0 saturated carbocycles. The molecule has 3 aromatic rings. The highest BCUT2D eigenvalue weighted by Gasteiger charge is 2.17. The van der Waals surface area contributed by atoms with Crippen molar-refractivity contribution in [1.29, 1.82) is 0 Å². The third-order valence-electron chi connectivity index (χ3n) is 3.97. The van der Waals surface area contributed by atoms with Crippen LogP contribution in [-0.2, 0) is 10.1 Å². The lowest BCUT2D eigenvalue weighted by Gasteiger charge is -2.11. The van der Waals surface area contributed by atoms with Crippen LogP contribution in [0.15, 0.2) is 71.6 Å². The molecule has 5 N–H and O–H groups in total. The van der Waals surface area contributed by atoms with Gasteiger partial charge in [0.15, 0.2) is 0 Å². The van der Waals surface area contributed by atoms with Crippen LogP contribution < -0.4 is 20.6 Å². The summed E-state index contributed by atoms with van der Waals surface area (Å²) in [5, 5.41) is 14.4. The summed E-state index contributed by atoms with van der Waals surface area (Å²) < 4.78 is 29.8. The van der Waals surface area contributed by atoms with E-state index in [0.29, 0.717) is 16.4 Å². The Bertz CT molecular complexity index is 1230. The van der Waals surface area contributed by atoms with Gasteiger partial charge in [0.25, 0.3) is 0 Å². The van der Waals surface area contributed by atoms with Crippen LogP contribution in [0.25, 0.3) is 0 Å². The molecule has 11 heteroatoms. The van der Waals surface area contributed by atoms with Crippen LogP contribution in [0.2, 0.25) is 5.02 Å². The second kappa shape index (κ2) is 8.94. The highest BCUT2D eigenvalue weighted by atomic mass is 35.5. The number of carbonyl (C=O) groups is 2. The van der Waals surface area contributed by atoms with Crippen molar-refractivity contribution in [3.8, 4) is 5.75 Å². The van der Waals surface area contributed by atoms with Gasteiger partial charge < -0.3 is 25.7 Å². The molecule has 0 aromatic heterocycles. The van der Waals surface area contributed by atoms with E-state index in [1.807, 2.05) is 0 Å². The summed E-state index contributed by atoms with van der Waals surface area (Å²) in [5.41, 5.74) is 6.76. The van der Waals surface area contributed by atoms with Crippen LogP contribution in [0.5, 0.6) is 5.75 Å². The number of carbonyl (C=O) groups excluding carboxylic acids is 1. The van der Waals surface area contributed by atoms with Gasteiger partial charge in [-0.05, 0) is 66.7 Å². The summed E-state index contributed by atoms with van der Waals surface area (Å²) in [5.74, 6) is -1.17. The molecular weight excluding hydrogens is 446 g/mol. The van der Waals surface area contributed by atoms with Gasteiger partial charge in [0.1, 0.15) is 10.6 Å². The summed E-state index contributed by atoms with van der Waals surface area (Å²) in [6, 6.07) is 14.2. The van der Waals surface area contributed by atoms with Crippen molar-refractivity contribution in [2.24, 2.45) is 0 Å². The maximum absolute atomic E-state index is 12.4. The number of urea groups is 1. The fourth-order valence-electron chi connectivity index (χ4n) is 2.46. The number of carboxylic acids is 1. The van der Waals surface area contributed by atoms with Gasteiger partial charge in [-0.25, -0.2) is 9.59 Å². The van der Waals surface area contributed by atoms with Crippen molar-refractivity contribution < 1.29 is 27.3 Å². The molecule has 0 unspecified atom stereocenters. The smallest absolute Gasteiger partial charge is 0.339 e. The Morgan fingerprint density at radius 2 is 1.58 bits per heavy atom. The zero-order valence-electron chi connectivity index (χ0n) is 15.7. The Balaban J connectivity index is 1.65. The minimum atomic E-state index is -4.15. The number of nitrogen functional groups attached to an aromatic ring is 1. The fourth-order valence-corrected chi connectivity index (χ4v) is 3.58. The van der Waals surface area contributed by atoms with Crippen LogP contribution in [-0.4, -0.2) is 25.5 Å². The van der Waals surface area contributed by atoms with Crippen molar-refractivity contribution in [3.05, 3.63) is 77.3 Å². The lowest BCUT2D eigenvalue weighted by atomic mass is 10.2. The Labute approximate surface area is 182 Å². The Morgan fingerprint density at radius 3 is 2.16 bits per heavy atom. The first-order chi connectivity index (χ1) is 14.6. The number of rotatable bonds is 6. The molecule has 0 aliphatic heterocycles. The molecule has 0 fully saturated rings. The summed E-state index contributed by atoms with van der Waals surface area (Å²) >= 11 is 5.81. The standard InChI is InChI=1S/C20H16ClN3O6S/c21-13-3-10-18(17(22)11-13)24-20(27)23-14-4-8-16(9-5-14)31(28,29)30-15-6-1-12(2-7-15)19(25)26/h1-11H,22H2,(H,25,26)(H2,23,24,27). The van der Waals surface area contributed by atoms with Crippen LogP contribution in [0, 0.1) is 0 Å². The highest BCUT2D eigenvalue weighted by molar-refractivity contribution is 7.87. The molecule has 2 amide bonds. The van der Waals surface area contributed by atoms with E-state index < -0.39 is 22.1 Å². The van der Waals surface area contributed by atoms with Crippen LogP contribution in [0.1, 0.15) is 10.4 Å².